The highest BCUT2D eigenvalue weighted by Gasteiger charge is 2.07. The van der Waals surface area contributed by atoms with Gasteiger partial charge in [0.1, 0.15) is 5.15 Å². The first kappa shape index (κ1) is 12.6. The minimum Gasteiger partial charge on any atom is -0.469 e. The van der Waals surface area contributed by atoms with Gasteiger partial charge in [-0.05, 0) is 18.6 Å². The number of esters is 1. The van der Waals surface area contributed by atoms with Crippen molar-refractivity contribution in [1.29, 1.82) is 0 Å². The Balaban J connectivity index is 2.41. The Morgan fingerprint density at radius 1 is 1.38 bits per heavy atom. The number of Topliss-reactive ketones (excluding diaryl/α,β-unsaturated/α-hetero) is 1. The lowest BCUT2D eigenvalue weighted by Gasteiger charge is -2.00. The summed E-state index contributed by atoms with van der Waals surface area (Å²) in [7, 11) is 1.33. The Bertz CT molecular complexity index is 375. The van der Waals surface area contributed by atoms with E-state index in [0.717, 1.165) is 0 Å². The van der Waals surface area contributed by atoms with Crippen molar-refractivity contribution >= 4 is 23.4 Å². The molecule has 1 heterocycles. The maximum Gasteiger partial charge on any atom is 0.305 e. The molecule has 86 valence electrons. The number of hydrogen-bond acceptors (Lipinski definition) is 4. The summed E-state index contributed by atoms with van der Waals surface area (Å²) in [5.74, 6) is -0.352. The number of pyridine rings is 1. The third-order valence-electron chi connectivity index (χ3n) is 2.06. The molecule has 0 aliphatic carbocycles. The van der Waals surface area contributed by atoms with E-state index in [1.165, 1.54) is 13.3 Å². The summed E-state index contributed by atoms with van der Waals surface area (Å²) in [4.78, 5) is 26.2. The predicted octanol–water partition coefficient (Wildman–Crippen LogP) is 2.26. The summed E-state index contributed by atoms with van der Waals surface area (Å²) in [6, 6.07) is 3.19. The van der Waals surface area contributed by atoms with Crippen molar-refractivity contribution in [2.24, 2.45) is 0 Å². The molecule has 0 aliphatic heterocycles. The van der Waals surface area contributed by atoms with Crippen LogP contribution < -0.4 is 0 Å². The van der Waals surface area contributed by atoms with Crippen LogP contribution >= 0.6 is 11.6 Å². The van der Waals surface area contributed by atoms with Gasteiger partial charge in [-0.2, -0.15) is 0 Å². The van der Waals surface area contributed by atoms with E-state index < -0.39 is 0 Å². The second-order valence-corrected chi connectivity index (χ2v) is 3.61. The maximum atomic E-state index is 11.6. The van der Waals surface area contributed by atoms with Gasteiger partial charge >= 0.3 is 5.97 Å². The third-order valence-corrected chi connectivity index (χ3v) is 2.29. The van der Waals surface area contributed by atoms with Gasteiger partial charge in [-0.15, -0.1) is 0 Å². The van der Waals surface area contributed by atoms with E-state index in [0.29, 0.717) is 23.6 Å². The number of carbonyl (C=O) groups is 2. The number of methoxy groups -OCH3 is 1. The highest BCUT2D eigenvalue weighted by Crippen LogP contribution is 2.09. The SMILES string of the molecule is COC(=O)CCCC(=O)c1ccc(Cl)nc1. The van der Waals surface area contributed by atoms with E-state index >= 15 is 0 Å². The summed E-state index contributed by atoms with van der Waals surface area (Å²) in [6.07, 6.45) is 2.47. The molecule has 0 radical (unpaired) electrons. The zero-order chi connectivity index (χ0) is 12.0. The first-order valence-corrected chi connectivity index (χ1v) is 5.23. The van der Waals surface area contributed by atoms with Gasteiger partial charge < -0.3 is 4.74 Å². The molecule has 0 saturated heterocycles. The quantitative estimate of drug-likeness (QED) is 0.451. The van der Waals surface area contributed by atoms with Crippen LogP contribution in [0.25, 0.3) is 0 Å². The molecular formula is C11H12ClNO3. The Morgan fingerprint density at radius 2 is 2.12 bits per heavy atom. The molecule has 0 unspecified atom stereocenters. The van der Waals surface area contributed by atoms with Gasteiger partial charge in [-0.1, -0.05) is 11.6 Å². The first-order valence-electron chi connectivity index (χ1n) is 4.85. The van der Waals surface area contributed by atoms with Crippen molar-refractivity contribution in [2.45, 2.75) is 19.3 Å². The van der Waals surface area contributed by atoms with Gasteiger partial charge in [0.15, 0.2) is 5.78 Å². The van der Waals surface area contributed by atoms with Crippen molar-refractivity contribution in [1.82, 2.24) is 4.98 Å². The van der Waals surface area contributed by atoms with Crippen molar-refractivity contribution in [3.8, 4) is 0 Å². The van der Waals surface area contributed by atoms with Gasteiger partial charge in [-0.3, -0.25) is 9.59 Å². The molecule has 0 atom stereocenters. The standard InChI is InChI=1S/C11H12ClNO3/c1-16-11(15)4-2-3-9(14)8-5-6-10(12)13-7-8/h5-7H,2-4H2,1H3. The summed E-state index contributed by atoms with van der Waals surface area (Å²) >= 11 is 5.60. The number of hydrogen-bond donors (Lipinski definition) is 0. The molecule has 0 saturated carbocycles. The fourth-order valence-corrected chi connectivity index (χ4v) is 1.29. The number of rotatable bonds is 5. The van der Waals surface area contributed by atoms with Gasteiger partial charge in [0.2, 0.25) is 0 Å². The summed E-state index contributed by atoms with van der Waals surface area (Å²) in [5.41, 5.74) is 0.509. The third kappa shape index (κ3) is 3.98. The number of halogens is 1. The predicted molar refractivity (Wildman–Crippen MR) is 59.4 cm³/mol. The number of ether oxygens (including phenoxy) is 1. The molecule has 0 aliphatic rings. The average molecular weight is 242 g/mol. The molecule has 16 heavy (non-hydrogen) atoms. The number of nitrogens with zero attached hydrogens (tertiary/aromatic N) is 1. The summed E-state index contributed by atoms with van der Waals surface area (Å²) in [5, 5.41) is 0.353. The molecule has 0 N–H and O–H groups in total. The van der Waals surface area contributed by atoms with Crippen LogP contribution in [0.4, 0.5) is 0 Å². The molecule has 0 amide bonds. The highest BCUT2D eigenvalue weighted by atomic mass is 35.5. The lowest BCUT2D eigenvalue weighted by Crippen LogP contribution is -2.04. The minimum absolute atomic E-state index is 0.0481. The molecule has 5 heteroatoms. The molecule has 0 aromatic carbocycles. The topological polar surface area (TPSA) is 56.3 Å². The van der Waals surface area contributed by atoms with Gasteiger partial charge in [-0.25, -0.2) is 4.98 Å². The largest absolute Gasteiger partial charge is 0.469 e. The molecule has 1 rings (SSSR count). The van der Waals surface area contributed by atoms with E-state index in [-0.39, 0.29) is 18.2 Å². The summed E-state index contributed by atoms with van der Waals surface area (Å²) < 4.78 is 4.47. The highest BCUT2D eigenvalue weighted by molar-refractivity contribution is 6.29. The van der Waals surface area contributed by atoms with E-state index in [1.807, 2.05) is 0 Å². The lowest BCUT2D eigenvalue weighted by atomic mass is 10.1. The van der Waals surface area contributed by atoms with Crippen LogP contribution in [0, 0.1) is 0 Å². The number of ketones is 1. The van der Waals surface area contributed by atoms with Crippen LogP contribution in [-0.4, -0.2) is 23.8 Å². The molecular weight excluding hydrogens is 230 g/mol. The second kappa shape index (κ2) is 6.23. The van der Waals surface area contributed by atoms with Crippen molar-refractivity contribution < 1.29 is 14.3 Å². The first-order chi connectivity index (χ1) is 7.63. The van der Waals surface area contributed by atoms with Crippen LogP contribution in [0.5, 0.6) is 0 Å². The van der Waals surface area contributed by atoms with Crippen molar-refractivity contribution in [2.75, 3.05) is 7.11 Å². The Hall–Kier alpha value is -1.42. The average Bonchev–Trinajstić information content (AvgIpc) is 2.29. The van der Waals surface area contributed by atoms with E-state index in [1.54, 1.807) is 12.1 Å². The van der Waals surface area contributed by atoms with E-state index in [9.17, 15) is 9.59 Å². The monoisotopic (exact) mass is 241 g/mol. The maximum absolute atomic E-state index is 11.6. The van der Waals surface area contributed by atoms with Gasteiger partial charge in [0.25, 0.3) is 0 Å². The number of carbonyl (C=O) groups excluding carboxylic acids is 2. The van der Waals surface area contributed by atoms with Crippen LogP contribution in [0.2, 0.25) is 5.15 Å². The van der Waals surface area contributed by atoms with Crippen molar-refractivity contribution in [3.05, 3.63) is 29.0 Å². The number of aromatic nitrogens is 1. The molecule has 1 aromatic rings. The van der Waals surface area contributed by atoms with Crippen LogP contribution in [0.1, 0.15) is 29.6 Å². The Morgan fingerprint density at radius 3 is 2.69 bits per heavy atom. The van der Waals surface area contributed by atoms with Gasteiger partial charge in [0.05, 0.1) is 7.11 Å². The molecule has 0 fully saturated rings. The fraction of sp³-hybridized carbons (Fsp3) is 0.364. The zero-order valence-electron chi connectivity index (χ0n) is 8.90. The summed E-state index contributed by atoms with van der Waals surface area (Å²) in [6.45, 7) is 0. The van der Waals surface area contributed by atoms with Crippen LogP contribution in [-0.2, 0) is 9.53 Å². The Labute approximate surface area is 98.6 Å². The zero-order valence-corrected chi connectivity index (χ0v) is 9.66. The van der Waals surface area contributed by atoms with Crippen LogP contribution in [0.15, 0.2) is 18.3 Å². The van der Waals surface area contributed by atoms with Crippen molar-refractivity contribution in [3.63, 3.8) is 0 Å². The Kier molecular flexibility index (Phi) is 4.92. The second-order valence-electron chi connectivity index (χ2n) is 3.22. The smallest absolute Gasteiger partial charge is 0.305 e. The molecule has 1 aromatic heterocycles. The fourth-order valence-electron chi connectivity index (χ4n) is 1.18. The van der Waals surface area contributed by atoms with Crippen LogP contribution in [0.3, 0.4) is 0 Å². The lowest BCUT2D eigenvalue weighted by molar-refractivity contribution is -0.140. The molecule has 0 spiro atoms. The van der Waals surface area contributed by atoms with E-state index in [4.69, 9.17) is 11.6 Å². The molecule has 4 nitrogen and oxygen atoms in total. The normalized spacial score (nSPS) is 9.88. The van der Waals surface area contributed by atoms with Gasteiger partial charge in [0, 0.05) is 24.6 Å². The molecule has 0 bridgehead atoms. The minimum atomic E-state index is -0.304. The van der Waals surface area contributed by atoms with E-state index in [2.05, 4.69) is 9.72 Å².